The summed E-state index contributed by atoms with van der Waals surface area (Å²) in [5.74, 6) is 0.336. The van der Waals surface area contributed by atoms with Gasteiger partial charge in [-0.05, 0) is 66.4 Å². The van der Waals surface area contributed by atoms with Crippen LogP contribution in [0, 0.1) is 5.92 Å². The van der Waals surface area contributed by atoms with Gasteiger partial charge in [-0.25, -0.2) is 0 Å². The first-order valence-corrected chi connectivity index (χ1v) is 9.99. The minimum Gasteiger partial charge on any atom is -0.346 e. The summed E-state index contributed by atoms with van der Waals surface area (Å²) in [5.41, 5.74) is 1.41. The van der Waals surface area contributed by atoms with Crippen molar-refractivity contribution in [2.75, 3.05) is 13.1 Å². The highest BCUT2D eigenvalue weighted by Gasteiger charge is 2.16. The van der Waals surface area contributed by atoms with E-state index in [1.54, 1.807) is 22.2 Å². The number of benzene rings is 1. The van der Waals surface area contributed by atoms with Gasteiger partial charge in [-0.1, -0.05) is 16.8 Å². The first kappa shape index (κ1) is 17.5. The molecule has 6 nitrogen and oxygen atoms in total. The van der Waals surface area contributed by atoms with Crippen molar-refractivity contribution in [1.82, 2.24) is 25.6 Å². The first-order valence-electron chi connectivity index (χ1n) is 8.74. The number of amides is 1. The largest absolute Gasteiger partial charge is 0.346 e. The third-order valence-corrected chi connectivity index (χ3v) is 5.92. The highest BCUT2D eigenvalue weighted by molar-refractivity contribution is 7.17. The molecule has 1 aliphatic rings. The van der Waals surface area contributed by atoms with Crippen molar-refractivity contribution >= 4 is 38.9 Å². The molecule has 0 aliphatic carbocycles. The highest BCUT2D eigenvalue weighted by Crippen LogP contribution is 2.28. The molecule has 0 spiro atoms. The molecular weight excluding hydrogens is 370 g/mol. The molecule has 1 atom stereocenters. The lowest BCUT2D eigenvalue weighted by Gasteiger charge is -2.22. The van der Waals surface area contributed by atoms with Gasteiger partial charge in [0, 0.05) is 22.8 Å². The molecule has 1 aliphatic heterocycles. The Hall–Kier alpha value is -1.96. The van der Waals surface area contributed by atoms with Crippen LogP contribution in [0.1, 0.15) is 28.9 Å². The molecule has 3 heterocycles. The maximum Gasteiger partial charge on any atom is 0.273 e. The molecule has 0 radical (unpaired) electrons. The third-order valence-electron chi connectivity index (χ3n) is 4.67. The third kappa shape index (κ3) is 3.90. The average Bonchev–Trinajstić information content (AvgIpc) is 3.27. The maximum absolute atomic E-state index is 12.4. The molecule has 3 aromatic rings. The number of rotatable bonds is 5. The Balaban J connectivity index is 1.38. The Morgan fingerprint density at radius 3 is 3.23 bits per heavy atom. The highest BCUT2D eigenvalue weighted by atomic mass is 35.5. The molecular formula is C18H20ClN5OS. The predicted octanol–water partition coefficient (Wildman–Crippen LogP) is 3.08. The Labute approximate surface area is 160 Å². The number of hydrogen-bond acceptors (Lipinski definition) is 5. The van der Waals surface area contributed by atoms with E-state index in [9.17, 15) is 4.79 Å². The van der Waals surface area contributed by atoms with Gasteiger partial charge in [0.1, 0.15) is 0 Å². The van der Waals surface area contributed by atoms with E-state index in [-0.39, 0.29) is 5.91 Å². The molecule has 0 unspecified atom stereocenters. The molecule has 4 rings (SSSR count). The van der Waals surface area contributed by atoms with Crippen LogP contribution in [0.5, 0.6) is 0 Å². The van der Waals surface area contributed by atoms with Gasteiger partial charge in [-0.15, -0.1) is 16.4 Å². The van der Waals surface area contributed by atoms with Gasteiger partial charge in [0.25, 0.3) is 5.91 Å². The zero-order valence-electron chi connectivity index (χ0n) is 14.2. The minimum atomic E-state index is -0.209. The van der Waals surface area contributed by atoms with Gasteiger partial charge in [-0.3, -0.25) is 9.48 Å². The summed E-state index contributed by atoms with van der Waals surface area (Å²) in [7, 11) is 0. The van der Waals surface area contributed by atoms with Crippen LogP contribution in [0.2, 0.25) is 5.02 Å². The molecule has 1 saturated heterocycles. The number of fused-ring (bicyclic) bond motifs is 1. The fraction of sp³-hybridized carbons (Fsp3) is 0.389. The standard InChI is InChI=1S/C18H20ClN5OS/c19-14-3-4-17-15(6-14)13(11-26-17)8-21-18(25)16-10-24(23-22-16)9-12-2-1-5-20-7-12/h3-4,6,10-12,20H,1-2,5,7-9H2,(H,21,25)/t12-/m1/s1. The van der Waals surface area contributed by atoms with E-state index in [0.29, 0.717) is 23.2 Å². The summed E-state index contributed by atoms with van der Waals surface area (Å²) in [4.78, 5) is 12.4. The van der Waals surface area contributed by atoms with Crippen LogP contribution in [0.15, 0.2) is 29.8 Å². The van der Waals surface area contributed by atoms with E-state index in [0.717, 1.165) is 35.3 Å². The predicted molar refractivity (Wildman–Crippen MR) is 104 cm³/mol. The number of carbonyl (C=O) groups is 1. The fourth-order valence-electron chi connectivity index (χ4n) is 3.29. The summed E-state index contributed by atoms with van der Waals surface area (Å²) >= 11 is 7.73. The smallest absolute Gasteiger partial charge is 0.273 e. The molecule has 8 heteroatoms. The van der Waals surface area contributed by atoms with Crippen LogP contribution in [0.25, 0.3) is 10.1 Å². The van der Waals surface area contributed by atoms with E-state index in [4.69, 9.17) is 11.6 Å². The summed E-state index contributed by atoms with van der Waals surface area (Å²) in [6.45, 7) is 3.32. The van der Waals surface area contributed by atoms with Gasteiger partial charge in [0.05, 0.1) is 6.20 Å². The Kier molecular flexibility index (Phi) is 5.19. The molecule has 26 heavy (non-hydrogen) atoms. The van der Waals surface area contributed by atoms with Crippen LogP contribution in [-0.2, 0) is 13.1 Å². The molecule has 2 aromatic heterocycles. The van der Waals surface area contributed by atoms with Gasteiger partial charge in [0.2, 0.25) is 0 Å². The molecule has 1 fully saturated rings. The Morgan fingerprint density at radius 2 is 2.38 bits per heavy atom. The van der Waals surface area contributed by atoms with Crippen molar-refractivity contribution in [2.24, 2.45) is 5.92 Å². The van der Waals surface area contributed by atoms with Gasteiger partial charge >= 0.3 is 0 Å². The number of thiophene rings is 1. The lowest BCUT2D eigenvalue weighted by atomic mass is 10.00. The second-order valence-corrected chi connectivity index (χ2v) is 7.97. The van der Waals surface area contributed by atoms with Crippen molar-refractivity contribution in [2.45, 2.75) is 25.9 Å². The molecule has 0 saturated carbocycles. The van der Waals surface area contributed by atoms with Crippen LogP contribution < -0.4 is 10.6 Å². The number of nitrogens with zero attached hydrogens (tertiary/aromatic N) is 3. The fourth-order valence-corrected chi connectivity index (χ4v) is 4.41. The van der Waals surface area contributed by atoms with E-state index < -0.39 is 0 Å². The molecule has 136 valence electrons. The van der Waals surface area contributed by atoms with E-state index in [2.05, 4.69) is 20.9 Å². The monoisotopic (exact) mass is 389 g/mol. The number of nitrogens with one attached hydrogen (secondary N) is 2. The summed E-state index contributed by atoms with van der Waals surface area (Å²) in [6, 6.07) is 5.81. The van der Waals surface area contributed by atoms with E-state index in [1.165, 1.54) is 12.8 Å². The summed E-state index contributed by atoms with van der Waals surface area (Å²) in [5, 5.41) is 18.3. The molecule has 0 bridgehead atoms. The zero-order chi connectivity index (χ0) is 17.9. The normalized spacial score (nSPS) is 17.5. The van der Waals surface area contributed by atoms with Gasteiger partial charge in [0.15, 0.2) is 5.69 Å². The number of aromatic nitrogens is 3. The van der Waals surface area contributed by atoms with Gasteiger partial charge in [-0.2, -0.15) is 0 Å². The number of hydrogen-bond donors (Lipinski definition) is 2. The molecule has 1 amide bonds. The number of piperidine rings is 1. The lowest BCUT2D eigenvalue weighted by Crippen LogP contribution is -2.32. The van der Waals surface area contributed by atoms with Crippen molar-refractivity contribution < 1.29 is 4.79 Å². The van der Waals surface area contributed by atoms with Crippen LogP contribution in [-0.4, -0.2) is 34.0 Å². The summed E-state index contributed by atoms with van der Waals surface area (Å²) < 4.78 is 2.93. The van der Waals surface area contributed by atoms with Crippen molar-refractivity contribution in [3.05, 3.63) is 46.1 Å². The van der Waals surface area contributed by atoms with E-state index in [1.807, 2.05) is 23.6 Å². The SMILES string of the molecule is O=C(NCc1csc2ccc(Cl)cc12)c1cn(C[C@@H]2CCCNC2)nn1. The van der Waals surface area contributed by atoms with Crippen LogP contribution in [0.3, 0.4) is 0 Å². The van der Waals surface area contributed by atoms with Crippen LogP contribution >= 0.6 is 22.9 Å². The second kappa shape index (κ2) is 7.73. The quantitative estimate of drug-likeness (QED) is 0.703. The number of carbonyl (C=O) groups excluding carboxylic acids is 1. The number of halogens is 1. The first-order chi connectivity index (χ1) is 12.7. The zero-order valence-corrected chi connectivity index (χ0v) is 15.8. The van der Waals surface area contributed by atoms with Crippen LogP contribution in [0.4, 0.5) is 0 Å². The van der Waals surface area contributed by atoms with Gasteiger partial charge < -0.3 is 10.6 Å². The lowest BCUT2D eigenvalue weighted by molar-refractivity contribution is 0.0946. The minimum absolute atomic E-state index is 0.209. The topological polar surface area (TPSA) is 71.8 Å². The Morgan fingerprint density at radius 1 is 1.46 bits per heavy atom. The maximum atomic E-state index is 12.4. The van der Waals surface area contributed by atoms with E-state index >= 15 is 0 Å². The molecule has 1 aromatic carbocycles. The van der Waals surface area contributed by atoms with Crippen molar-refractivity contribution in [3.63, 3.8) is 0 Å². The molecule has 2 N–H and O–H groups in total. The average molecular weight is 390 g/mol. The van der Waals surface area contributed by atoms with Crippen molar-refractivity contribution in [1.29, 1.82) is 0 Å². The van der Waals surface area contributed by atoms with Crippen molar-refractivity contribution in [3.8, 4) is 0 Å². The summed E-state index contributed by atoms with van der Waals surface area (Å²) in [6.07, 6.45) is 4.10. The second-order valence-electron chi connectivity index (χ2n) is 6.62. The Bertz CT molecular complexity index is 915.